The topological polar surface area (TPSA) is 105 Å². The summed E-state index contributed by atoms with van der Waals surface area (Å²) in [4.78, 5) is 20.1. The van der Waals surface area contributed by atoms with E-state index in [0.717, 1.165) is 6.29 Å². The number of nitrogens with two attached hydrogens (primary N) is 1. The zero-order valence-electron chi connectivity index (χ0n) is 10.5. The van der Waals surface area contributed by atoms with Gasteiger partial charge in [0.05, 0.1) is 6.61 Å². The Bertz CT molecular complexity index is 489. The van der Waals surface area contributed by atoms with Gasteiger partial charge in [-0.1, -0.05) is 11.6 Å². The molecule has 1 aromatic heterocycles. The maximum absolute atomic E-state index is 10.5. The summed E-state index contributed by atoms with van der Waals surface area (Å²) >= 11 is 5.73. The number of aldehydes is 1. The van der Waals surface area contributed by atoms with Gasteiger partial charge in [0.15, 0.2) is 22.5 Å². The molecular weight excluding hydrogens is 270 g/mol. The molecule has 19 heavy (non-hydrogen) atoms. The Labute approximate surface area is 115 Å². The SMILES string of the molecule is COCCN(CCC=O)c1nc(N)c(Cl)nc1C#N. The lowest BCUT2D eigenvalue weighted by molar-refractivity contribution is -0.107. The molecule has 2 N–H and O–H groups in total. The first kappa shape index (κ1) is 15.1. The number of hydrogen-bond donors (Lipinski definition) is 1. The zero-order valence-corrected chi connectivity index (χ0v) is 11.2. The first-order valence-corrected chi connectivity index (χ1v) is 5.92. The van der Waals surface area contributed by atoms with Crippen LogP contribution >= 0.6 is 11.6 Å². The van der Waals surface area contributed by atoms with Gasteiger partial charge in [0.25, 0.3) is 0 Å². The molecule has 8 heteroatoms. The number of hydrogen-bond acceptors (Lipinski definition) is 7. The van der Waals surface area contributed by atoms with Crippen LogP contribution in [0.3, 0.4) is 0 Å². The van der Waals surface area contributed by atoms with Crippen LogP contribution < -0.4 is 10.6 Å². The second-order valence-corrected chi connectivity index (χ2v) is 3.98. The van der Waals surface area contributed by atoms with Gasteiger partial charge in [-0.15, -0.1) is 0 Å². The van der Waals surface area contributed by atoms with E-state index in [1.807, 2.05) is 6.07 Å². The maximum atomic E-state index is 10.5. The third-order valence-corrected chi connectivity index (χ3v) is 2.63. The minimum absolute atomic E-state index is 0.0117. The molecule has 0 saturated heterocycles. The van der Waals surface area contributed by atoms with Crippen LogP contribution in [0.2, 0.25) is 5.15 Å². The van der Waals surface area contributed by atoms with Gasteiger partial charge in [0.2, 0.25) is 0 Å². The van der Waals surface area contributed by atoms with E-state index in [-0.39, 0.29) is 16.7 Å². The highest BCUT2D eigenvalue weighted by Gasteiger charge is 2.16. The molecule has 7 nitrogen and oxygen atoms in total. The van der Waals surface area contributed by atoms with E-state index in [9.17, 15) is 4.79 Å². The van der Waals surface area contributed by atoms with Gasteiger partial charge in [-0.25, -0.2) is 9.97 Å². The fourth-order valence-electron chi connectivity index (χ4n) is 1.45. The highest BCUT2D eigenvalue weighted by Crippen LogP contribution is 2.22. The van der Waals surface area contributed by atoms with Gasteiger partial charge in [0.1, 0.15) is 12.4 Å². The highest BCUT2D eigenvalue weighted by molar-refractivity contribution is 6.31. The number of carbonyl (C=O) groups is 1. The van der Waals surface area contributed by atoms with Crippen LogP contribution in [0.15, 0.2) is 0 Å². The molecule has 1 aromatic rings. The van der Waals surface area contributed by atoms with E-state index in [1.165, 1.54) is 0 Å². The summed E-state index contributed by atoms with van der Waals surface area (Å²) < 4.78 is 4.98. The lowest BCUT2D eigenvalue weighted by Gasteiger charge is -2.23. The molecule has 0 aliphatic heterocycles. The zero-order chi connectivity index (χ0) is 14.3. The molecule has 102 valence electrons. The van der Waals surface area contributed by atoms with Crippen LogP contribution in [0, 0.1) is 11.3 Å². The molecule has 0 aromatic carbocycles. The summed E-state index contributed by atoms with van der Waals surface area (Å²) in [6.45, 7) is 1.29. The van der Waals surface area contributed by atoms with E-state index in [0.29, 0.717) is 31.9 Å². The number of ether oxygens (including phenoxy) is 1. The van der Waals surface area contributed by atoms with Crippen LogP contribution in [-0.4, -0.2) is 43.1 Å². The normalized spacial score (nSPS) is 9.95. The van der Waals surface area contributed by atoms with Crippen LogP contribution in [0.5, 0.6) is 0 Å². The molecule has 0 unspecified atom stereocenters. The molecule has 0 amide bonds. The largest absolute Gasteiger partial charge is 0.383 e. The molecule has 1 rings (SSSR count). The minimum Gasteiger partial charge on any atom is -0.383 e. The van der Waals surface area contributed by atoms with E-state index < -0.39 is 0 Å². The molecule has 0 aliphatic carbocycles. The van der Waals surface area contributed by atoms with Crippen molar-refractivity contribution in [1.29, 1.82) is 5.26 Å². The number of rotatable bonds is 7. The Morgan fingerprint density at radius 3 is 2.84 bits per heavy atom. The third kappa shape index (κ3) is 4.05. The fourth-order valence-corrected chi connectivity index (χ4v) is 1.57. The van der Waals surface area contributed by atoms with Crippen LogP contribution in [0.4, 0.5) is 11.6 Å². The second kappa shape index (κ2) is 7.51. The number of nitriles is 1. The van der Waals surface area contributed by atoms with Crippen molar-refractivity contribution in [2.45, 2.75) is 6.42 Å². The lowest BCUT2D eigenvalue weighted by atomic mass is 10.3. The van der Waals surface area contributed by atoms with E-state index in [4.69, 9.17) is 27.3 Å². The first-order chi connectivity index (χ1) is 9.13. The average molecular weight is 284 g/mol. The predicted molar refractivity (Wildman–Crippen MR) is 70.9 cm³/mol. The molecule has 1 heterocycles. The first-order valence-electron chi connectivity index (χ1n) is 5.54. The molecule has 0 bridgehead atoms. The predicted octanol–water partition coefficient (Wildman–Crippen LogP) is 0.626. The molecule has 0 aliphatic rings. The highest BCUT2D eigenvalue weighted by atomic mass is 35.5. The summed E-state index contributed by atoms with van der Waals surface area (Å²) in [5, 5.41) is 9.04. The van der Waals surface area contributed by atoms with Gasteiger partial charge in [-0.2, -0.15) is 5.26 Å². The number of nitrogens with zero attached hydrogens (tertiary/aromatic N) is 4. The molecular formula is C11H14ClN5O2. The Balaban J connectivity index is 3.09. The number of nitrogen functional groups attached to an aromatic ring is 1. The summed E-state index contributed by atoms with van der Waals surface area (Å²) in [5.74, 6) is 0.354. The third-order valence-electron chi connectivity index (χ3n) is 2.35. The molecule has 0 fully saturated rings. The quantitative estimate of drug-likeness (QED) is 0.731. The van der Waals surface area contributed by atoms with Crippen molar-refractivity contribution < 1.29 is 9.53 Å². The van der Waals surface area contributed by atoms with Crippen molar-refractivity contribution in [1.82, 2.24) is 9.97 Å². The standard InChI is InChI=1S/C11H14ClN5O2/c1-19-6-4-17(3-2-5-18)11-8(7-13)15-9(12)10(14)16-11/h5H,2-4,6H2,1H3,(H2,14,16). The van der Waals surface area contributed by atoms with E-state index in [1.54, 1.807) is 12.0 Å². The number of carbonyl (C=O) groups excluding carboxylic acids is 1. The van der Waals surface area contributed by atoms with E-state index in [2.05, 4.69) is 9.97 Å². The number of halogens is 1. The monoisotopic (exact) mass is 283 g/mol. The fraction of sp³-hybridized carbons (Fsp3) is 0.455. The van der Waals surface area contributed by atoms with Crippen molar-refractivity contribution in [3.05, 3.63) is 10.8 Å². The van der Waals surface area contributed by atoms with Gasteiger partial charge < -0.3 is 20.2 Å². The average Bonchev–Trinajstić information content (AvgIpc) is 2.42. The van der Waals surface area contributed by atoms with Crippen LogP contribution in [0.25, 0.3) is 0 Å². The molecule has 0 atom stereocenters. The van der Waals surface area contributed by atoms with E-state index >= 15 is 0 Å². The Morgan fingerprint density at radius 1 is 1.53 bits per heavy atom. The van der Waals surface area contributed by atoms with Crippen LogP contribution in [-0.2, 0) is 9.53 Å². The number of anilines is 2. The minimum atomic E-state index is -0.0117. The summed E-state index contributed by atoms with van der Waals surface area (Å²) in [6, 6.07) is 1.91. The van der Waals surface area contributed by atoms with Crippen molar-refractivity contribution >= 4 is 29.5 Å². The van der Waals surface area contributed by atoms with Crippen molar-refractivity contribution in [2.24, 2.45) is 0 Å². The molecule has 0 saturated carbocycles. The summed E-state index contributed by atoms with van der Waals surface area (Å²) in [6.07, 6.45) is 1.09. The molecule has 0 radical (unpaired) electrons. The van der Waals surface area contributed by atoms with Gasteiger partial charge in [0, 0.05) is 26.6 Å². The van der Waals surface area contributed by atoms with Crippen molar-refractivity contribution in [3.8, 4) is 6.07 Å². The maximum Gasteiger partial charge on any atom is 0.184 e. The summed E-state index contributed by atoms with van der Waals surface area (Å²) in [7, 11) is 1.56. The lowest BCUT2D eigenvalue weighted by Crippen LogP contribution is -2.30. The Morgan fingerprint density at radius 2 is 2.26 bits per heavy atom. The Hall–Kier alpha value is -1.91. The van der Waals surface area contributed by atoms with Gasteiger partial charge in [-0.05, 0) is 0 Å². The number of aromatic nitrogens is 2. The smallest absolute Gasteiger partial charge is 0.184 e. The summed E-state index contributed by atoms with van der Waals surface area (Å²) in [5.41, 5.74) is 5.67. The number of methoxy groups -OCH3 is 1. The molecule has 0 spiro atoms. The van der Waals surface area contributed by atoms with Crippen molar-refractivity contribution in [2.75, 3.05) is 37.4 Å². The van der Waals surface area contributed by atoms with Gasteiger partial charge in [-0.3, -0.25) is 0 Å². The van der Waals surface area contributed by atoms with Crippen LogP contribution in [0.1, 0.15) is 12.1 Å². The second-order valence-electron chi connectivity index (χ2n) is 3.62. The van der Waals surface area contributed by atoms with Gasteiger partial charge >= 0.3 is 0 Å². The Kier molecular flexibility index (Phi) is 5.99. The van der Waals surface area contributed by atoms with Crippen molar-refractivity contribution in [3.63, 3.8) is 0 Å².